The summed E-state index contributed by atoms with van der Waals surface area (Å²) in [7, 11) is 0. The Morgan fingerprint density at radius 1 is 1.50 bits per heavy atom. The van der Waals surface area contributed by atoms with Crippen LogP contribution in [0, 0.1) is 0 Å². The summed E-state index contributed by atoms with van der Waals surface area (Å²) in [5.74, 6) is 0.600. The first-order valence-electron chi connectivity index (χ1n) is 2.73. The summed E-state index contributed by atoms with van der Waals surface area (Å²) in [5.41, 5.74) is 0. The third-order valence-corrected chi connectivity index (χ3v) is 1.20. The fourth-order valence-electron chi connectivity index (χ4n) is 0.787. The van der Waals surface area contributed by atoms with E-state index in [2.05, 4.69) is 0 Å². The highest BCUT2D eigenvalue weighted by Crippen LogP contribution is 2.10. The lowest BCUT2D eigenvalue weighted by atomic mass is 10.1. The molecule has 1 rings (SSSR count). The fraction of sp³-hybridized carbons (Fsp3) is 0.500. The first kappa shape index (κ1) is 5.35. The molecule has 0 amide bonds. The van der Waals surface area contributed by atoms with Crippen molar-refractivity contribution < 1.29 is 9.90 Å². The van der Waals surface area contributed by atoms with Crippen molar-refractivity contribution in [2.75, 3.05) is 0 Å². The summed E-state index contributed by atoms with van der Waals surface area (Å²) in [6.07, 6.45) is 3.71. The lowest BCUT2D eigenvalue weighted by Crippen LogP contribution is -2.01. The second kappa shape index (κ2) is 1.99. The quantitative estimate of drug-likeness (QED) is 0.470. The number of allylic oxidation sites excluding steroid dienone is 2. The number of hydrogen-bond donors (Lipinski definition) is 1. The summed E-state index contributed by atoms with van der Waals surface area (Å²) in [5, 5.41) is 8.76. The maximum atomic E-state index is 8.76. The highest BCUT2D eigenvalue weighted by atomic mass is 16.3. The second-order valence-electron chi connectivity index (χ2n) is 1.98. The molecule has 2 N–H and O–H groups in total. The molecule has 0 heterocycles. The summed E-state index contributed by atoms with van der Waals surface area (Å²) >= 11 is 0. The molecule has 0 saturated carbocycles. The number of ketones is 1. The average Bonchev–Trinajstić information content (AvgIpc) is 1.64. The molecule has 2 nitrogen and oxygen atoms in total. The lowest BCUT2D eigenvalue weighted by molar-refractivity contribution is 0.380. The van der Waals surface area contributed by atoms with E-state index >= 15 is 0 Å². The fourth-order valence-corrected chi connectivity index (χ4v) is 0.787. The lowest BCUT2D eigenvalue weighted by Gasteiger charge is -1.99. The van der Waals surface area contributed by atoms with Crippen LogP contribution in [0.25, 0.3) is 0 Å². The van der Waals surface area contributed by atoms with Crippen molar-refractivity contribution in [2.24, 2.45) is 0 Å². The molecule has 0 fully saturated rings. The van der Waals surface area contributed by atoms with Crippen LogP contribution in [0.1, 0.15) is 19.3 Å². The molecule has 2 heteroatoms. The molecule has 0 aliphatic heterocycles. The third-order valence-electron chi connectivity index (χ3n) is 1.20. The van der Waals surface area contributed by atoms with Gasteiger partial charge in [-0.15, -0.1) is 0 Å². The van der Waals surface area contributed by atoms with Crippen molar-refractivity contribution >= 4 is 5.78 Å². The molecule has 0 unspecified atom stereocenters. The maximum Gasteiger partial charge on any atom is 0.319 e. The van der Waals surface area contributed by atoms with Crippen molar-refractivity contribution in [2.45, 2.75) is 19.3 Å². The van der Waals surface area contributed by atoms with Crippen LogP contribution in [-0.4, -0.2) is 15.7 Å². The second-order valence-corrected chi connectivity index (χ2v) is 1.98. The van der Waals surface area contributed by atoms with Crippen molar-refractivity contribution in [3.05, 3.63) is 11.8 Å². The van der Waals surface area contributed by atoms with Crippen molar-refractivity contribution in [3.8, 4) is 0 Å². The van der Waals surface area contributed by atoms with Gasteiger partial charge in [-0.05, 0) is 6.42 Å². The smallest absolute Gasteiger partial charge is 0.319 e. The molecule has 8 heavy (non-hydrogen) atoms. The Morgan fingerprint density at radius 2 is 2.25 bits per heavy atom. The Hall–Kier alpha value is -0.790. The zero-order valence-corrected chi connectivity index (χ0v) is 4.59. The van der Waals surface area contributed by atoms with Crippen LogP contribution in [-0.2, 0) is 0 Å². The Bertz CT molecular complexity index is 135. The summed E-state index contributed by atoms with van der Waals surface area (Å²) in [6, 6.07) is 0. The molecule has 0 atom stereocenters. The van der Waals surface area contributed by atoms with Crippen molar-refractivity contribution in [3.63, 3.8) is 0 Å². The zero-order chi connectivity index (χ0) is 5.98. The number of aliphatic hydroxyl groups excluding tert-OH is 1. The van der Waals surface area contributed by atoms with Crippen LogP contribution in [0.3, 0.4) is 0 Å². The average molecular weight is 113 g/mol. The molecular weight excluding hydrogens is 104 g/mol. The van der Waals surface area contributed by atoms with Gasteiger partial charge >= 0.3 is 5.78 Å². The van der Waals surface area contributed by atoms with Gasteiger partial charge in [0.05, 0.1) is 12.5 Å². The number of hydrogen-bond acceptors (Lipinski definition) is 1. The van der Waals surface area contributed by atoms with Crippen LogP contribution in [0.2, 0.25) is 0 Å². The van der Waals surface area contributed by atoms with E-state index in [9.17, 15) is 0 Å². The first-order valence-corrected chi connectivity index (χ1v) is 2.73. The van der Waals surface area contributed by atoms with Gasteiger partial charge in [-0.2, -0.15) is 0 Å². The molecule has 0 spiro atoms. The minimum Gasteiger partial charge on any atom is -0.512 e. The van der Waals surface area contributed by atoms with Gasteiger partial charge < -0.3 is 5.11 Å². The minimum atomic E-state index is 0.300. The van der Waals surface area contributed by atoms with Gasteiger partial charge in [-0.1, -0.05) is 0 Å². The SMILES string of the molecule is OC1=CC(=[OH+])CCC1. The molecule has 1 aliphatic carbocycles. The van der Waals surface area contributed by atoms with Crippen LogP contribution < -0.4 is 0 Å². The number of rotatable bonds is 0. The van der Waals surface area contributed by atoms with E-state index in [1.807, 2.05) is 0 Å². The molecular formula is C6H9O2+. The predicted octanol–water partition coefficient (Wildman–Crippen LogP) is 1.16. The van der Waals surface area contributed by atoms with E-state index < -0.39 is 0 Å². The van der Waals surface area contributed by atoms with Gasteiger partial charge in [0.25, 0.3) is 0 Å². The Morgan fingerprint density at radius 3 is 2.62 bits per heavy atom. The first-order chi connectivity index (χ1) is 3.79. The van der Waals surface area contributed by atoms with E-state index in [0.29, 0.717) is 24.4 Å². The van der Waals surface area contributed by atoms with E-state index in [1.165, 1.54) is 6.08 Å². The van der Waals surface area contributed by atoms with E-state index in [1.54, 1.807) is 0 Å². The predicted molar refractivity (Wildman–Crippen MR) is 31.5 cm³/mol. The molecule has 0 aromatic rings. The Kier molecular flexibility index (Phi) is 1.33. The monoisotopic (exact) mass is 113 g/mol. The number of aliphatic hydroxyl groups is 1. The van der Waals surface area contributed by atoms with Gasteiger partial charge in [-0.3, -0.25) is 4.79 Å². The Balaban J connectivity index is 2.64. The van der Waals surface area contributed by atoms with E-state index in [4.69, 9.17) is 9.90 Å². The van der Waals surface area contributed by atoms with Crippen LogP contribution in [0.4, 0.5) is 0 Å². The van der Waals surface area contributed by atoms with Crippen LogP contribution in [0.15, 0.2) is 11.8 Å². The van der Waals surface area contributed by atoms with Crippen molar-refractivity contribution in [1.29, 1.82) is 0 Å². The zero-order valence-electron chi connectivity index (χ0n) is 4.59. The largest absolute Gasteiger partial charge is 0.512 e. The summed E-state index contributed by atoms with van der Waals surface area (Å²) in [6.45, 7) is 0. The maximum absolute atomic E-state index is 8.76. The molecule has 0 aromatic heterocycles. The molecule has 0 radical (unpaired) electrons. The molecule has 0 bridgehead atoms. The topological polar surface area (TPSA) is 41.6 Å². The van der Waals surface area contributed by atoms with Gasteiger partial charge in [0.15, 0.2) is 0 Å². The molecule has 44 valence electrons. The third kappa shape index (κ3) is 1.09. The normalized spacial score (nSPS) is 20.5. The summed E-state index contributed by atoms with van der Waals surface area (Å²) in [4.78, 5) is 8.76. The molecule has 0 saturated heterocycles. The minimum absolute atomic E-state index is 0.300. The highest BCUT2D eigenvalue weighted by molar-refractivity contribution is 5.91. The standard InChI is InChI=1S/C6H8O2/c7-5-2-1-3-6(8)4-5/h4,7H,1-3H2/p+1. The van der Waals surface area contributed by atoms with E-state index in [-0.39, 0.29) is 0 Å². The molecule has 1 aliphatic rings. The molecule has 0 aromatic carbocycles. The van der Waals surface area contributed by atoms with E-state index in [0.717, 1.165) is 6.42 Å². The van der Waals surface area contributed by atoms with Gasteiger partial charge in [-0.25, -0.2) is 0 Å². The van der Waals surface area contributed by atoms with Crippen LogP contribution >= 0.6 is 0 Å². The van der Waals surface area contributed by atoms with Gasteiger partial charge in [0.2, 0.25) is 0 Å². The van der Waals surface area contributed by atoms with Crippen molar-refractivity contribution in [1.82, 2.24) is 0 Å². The van der Waals surface area contributed by atoms with Crippen LogP contribution in [0.5, 0.6) is 0 Å². The highest BCUT2D eigenvalue weighted by Gasteiger charge is 2.12. The van der Waals surface area contributed by atoms with Gasteiger partial charge in [0.1, 0.15) is 5.76 Å². The van der Waals surface area contributed by atoms with Gasteiger partial charge in [0, 0.05) is 6.42 Å². The Labute approximate surface area is 47.8 Å². The number of carbonyl (C=O) groups excluding carboxylic acids is 1. The summed E-state index contributed by atoms with van der Waals surface area (Å²) < 4.78 is 0.